The quantitative estimate of drug-likeness (QED) is 0.616. The van der Waals surface area contributed by atoms with Gasteiger partial charge >= 0.3 is 0 Å². The van der Waals surface area contributed by atoms with Gasteiger partial charge in [0.1, 0.15) is 17.6 Å². The number of hydrogen-bond donors (Lipinski definition) is 2. The molecule has 0 bridgehead atoms. The van der Waals surface area contributed by atoms with Crippen molar-refractivity contribution in [1.29, 1.82) is 0 Å². The van der Waals surface area contributed by atoms with E-state index in [9.17, 15) is 4.39 Å². The molecule has 0 amide bonds. The van der Waals surface area contributed by atoms with Crippen molar-refractivity contribution in [2.75, 3.05) is 0 Å². The summed E-state index contributed by atoms with van der Waals surface area (Å²) >= 11 is 0. The van der Waals surface area contributed by atoms with Crippen LogP contribution in [0.1, 0.15) is 22.9 Å². The highest BCUT2D eigenvalue weighted by molar-refractivity contribution is 5.31. The molecule has 0 fully saturated rings. The van der Waals surface area contributed by atoms with Gasteiger partial charge in [-0.05, 0) is 24.6 Å². The zero-order valence-electron chi connectivity index (χ0n) is 8.91. The zero-order valence-corrected chi connectivity index (χ0v) is 8.91. The van der Waals surface area contributed by atoms with Crippen LogP contribution in [0.25, 0.3) is 0 Å². The van der Waals surface area contributed by atoms with Crippen LogP contribution in [-0.4, -0.2) is 0 Å². The summed E-state index contributed by atoms with van der Waals surface area (Å²) < 4.78 is 19.1. The lowest BCUT2D eigenvalue weighted by Crippen LogP contribution is -2.29. The maximum atomic E-state index is 13.9. The fourth-order valence-corrected chi connectivity index (χ4v) is 1.67. The van der Waals surface area contributed by atoms with Crippen molar-refractivity contribution < 1.29 is 8.81 Å². The Morgan fingerprint density at radius 3 is 2.75 bits per heavy atom. The molecule has 16 heavy (non-hydrogen) atoms. The van der Waals surface area contributed by atoms with Crippen LogP contribution in [0.5, 0.6) is 0 Å². The van der Waals surface area contributed by atoms with Gasteiger partial charge in [0.15, 0.2) is 0 Å². The van der Waals surface area contributed by atoms with Crippen LogP contribution < -0.4 is 11.3 Å². The Labute approximate surface area is 93.0 Å². The van der Waals surface area contributed by atoms with E-state index >= 15 is 0 Å². The van der Waals surface area contributed by atoms with Crippen LogP contribution in [0.3, 0.4) is 0 Å². The van der Waals surface area contributed by atoms with E-state index in [0.29, 0.717) is 16.9 Å². The highest BCUT2D eigenvalue weighted by Gasteiger charge is 2.19. The van der Waals surface area contributed by atoms with E-state index in [2.05, 4.69) is 5.43 Å². The smallest absolute Gasteiger partial charge is 0.131 e. The Hall–Kier alpha value is -1.65. The molecule has 0 spiro atoms. The lowest BCUT2D eigenvalue weighted by atomic mass is 10.0. The van der Waals surface area contributed by atoms with E-state index in [0.717, 1.165) is 0 Å². The zero-order chi connectivity index (χ0) is 11.5. The normalized spacial score (nSPS) is 12.7. The van der Waals surface area contributed by atoms with E-state index in [1.165, 1.54) is 6.26 Å². The van der Waals surface area contributed by atoms with Gasteiger partial charge in [0.25, 0.3) is 0 Å². The number of aryl methyl sites for hydroxylation is 1. The van der Waals surface area contributed by atoms with Crippen molar-refractivity contribution in [3.05, 3.63) is 59.3 Å². The first-order chi connectivity index (χ1) is 7.74. The van der Waals surface area contributed by atoms with Gasteiger partial charge in [-0.25, -0.2) is 9.82 Å². The molecule has 0 radical (unpaired) electrons. The minimum atomic E-state index is -0.463. The van der Waals surface area contributed by atoms with E-state index in [1.54, 1.807) is 37.3 Å². The summed E-state index contributed by atoms with van der Waals surface area (Å²) in [6, 6.07) is 8.24. The fourth-order valence-electron chi connectivity index (χ4n) is 1.67. The maximum Gasteiger partial charge on any atom is 0.131 e. The predicted octanol–water partition coefficient (Wildman–Crippen LogP) is 2.28. The topological polar surface area (TPSA) is 51.2 Å². The van der Waals surface area contributed by atoms with Crippen molar-refractivity contribution >= 4 is 0 Å². The first-order valence-electron chi connectivity index (χ1n) is 4.98. The van der Waals surface area contributed by atoms with Gasteiger partial charge in [-0.3, -0.25) is 5.84 Å². The summed E-state index contributed by atoms with van der Waals surface area (Å²) in [5.74, 6) is 5.77. The molecule has 1 unspecified atom stereocenters. The molecule has 0 aliphatic rings. The van der Waals surface area contributed by atoms with Gasteiger partial charge in [0, 0.05) is 5.56 Å². The van der Waals surface area contributed by atoms with Crippen molar-refractivity contribution in [2.45, 2.75) is 13.0 Å². The first kappa shape index (κ1) is 10.9. The van der Waals surface area contributed by atoms with Gasteiger partial charge in [0.05, 0.1) is 6.26 Å². The molecular weight excluding hydrogens is 207 g/mol. The average molecular weight is 220 g/mol. The SMILES string of the molecule is Cc1cccc(C(NN)c2ccco2)c1F. The molecule has 1 heterocycles. The van der Waals surface area contributed by atoms with Crippen molar-refractivity contribution in [3.63, 3.8) is 0 Å². The molecule has 1 aromatic heterocycles. The predicted molar refractivity (Wildman–Crippen MR) is 59.0 cm³/mol. The van der Waals surface area contributed by atoms with Crippen LogP contribution >= 0.6 is 0 Å². The maximum absolute atomic E-state index is 13.9. The molecule has 2 aromatic rings. The molecule has 0 saturated heterocycles. The second-order valence-electron chi connectivity index (χ2n) is 3.59. The van der Waals surface area contributed by atoms with Gasteiger partial charge in [-0.2, -0.15) is 0 Å². The highest BCUT2D eigenvalue weighted by atomic mass is 19.1. The second-order valence-corrected chi connectivity index (χ2v) is 3.59. The van der Waals surface area contributed by atoms with Gasteiger partial charge in [-0.1, -0.05) is 18.2 Å². The summed E-state index contributed by atoms with van der Waals surface area (Å²) in [5.41, 5.74) is 3.63. The standard InChI is InChI=1S/C12H13FN2O/c1-8-4-2-5-9(11(8)13)12(15-14)10-6-3-7-16-10/h2-7,12,15H,14H2,1H3. The number of rotatable bonds is 3. The summed E-state index contributed by atoms with van der Waals surface area (Å²) in [6.45, 7) is 1.72. The lowest BCUT2D eigenvalue weighted by Gasteiger charge is -2.15. The first-order valence-corrected chi connectivity index (χ1v) is 4.98. The van der Waals surface area contributed by atoms with Gasteiger partial charge in [-0.15, -0.1) is 0 Å². The Bertz CT molecular complexity index is 468. The van der Waals surface area contributed by atoms with Crippen molar-refractivity contribution in [2.24, 2.45) is 5.84 Å². The van der Waals surface area contributed by atoms with Crippen LogP contribution in [-0.2, 0) is 0 Å². The number of hydrazine groups is 1. The van der Waals surface area contributed by atoms with E-state index < -0.39 is 6.04 Å². The Morgan fingerprint density at radius 1 is 1.31 bits per heavy atom. The number of halogens is 1. The number of hydrogen-bond acceptors (Lipinski definition) is 3. The minimum absolute atomic E-state index is 0.262. The Balaban J connectivity index is 2.45. The highest BCUT2D eigenvalue weighted by Crippen LogP contribution is 2.25. The molecule has 0 aliphatic heterocycles. The molecular formula is C12H13FN2O. The number of furan rings is 1. The molecule has 0 aliphatic carbocycles. The molecule has 4 heteroatoms. The van der Waals surface area contributed by atoms with Gasteiger partial charge < -0.3 is 4.42 Å². The third-order valence-electron chi connectivity index (χ3n) is 2.53. The summed E-state index contributed by atoms with van der Waals surface area (Å²) in [5, 5.41) is 0. The fraction of sp³-hybridized carbons (Fsp3) is 0.167. The molecule has 1 atom stereocenters. The van der Waals surface area contributed by atoms with E-state index in [1.807, 2.05) is 0 Å². The summed E-state index contributed by atoms with van der Waals surface area (Å²) in [7, 11) is 0. The monoisotopic (exact) mass is 220 g/mol. The summed E-state index contributed by atoms with van der Waals surface area (Å²) in [4.78, 5) is 0. The largest absolute Gasteiger partial charge is 0.467 e. The molecule has 3 nitrogen and oxygen atoms in total. The van der Waals surface area contributed by atoms with E-state index in [4.69, 9.17) is 10.3 Å². The Morgan fingerprint density at radius 2 is 2.12 bits per heavy atom. The van der Waals surface area contributed by atoms with Crippen LogP contribution in [0, 0.1) is 12.7 Å². The second kappa shape index (κ2) is 4.47. The molecule has 3 N–H and O–H groups in total. The molecule has 84 valence electrons. The summed E-state index contributed by atoms with van der Waals surface area (Å²) in [6.07, 6.45) is 1.54. The van der Waals surface area contributed by atoms with E-state index in [-0.39, 0.29) is 5.82 Å². The molecule has 1 aromatic carbocycles. The van der Waals surface area contributed by atoms with Crippen molar-refractivity contribution in [1.82, 2.24) is 5.43 Å². The molecule has 0 saturated carbocycles. The van der Waals surface area contributed by atoms with Crippen molar-refractivity contribution in [3.8, 4) is 0 Å². The minimum Gasteiger partial charge on any atom is -0.467 e. The molecule has 2 rings (SSSR count). The van der Waals surface area contributed by atoms with Gasteiger partial charge in [0.2, 0.25) is 0 Å². The number of nitrogens with one attached hydrogen (secondary N) is 1. The van der Waals surface area contributed by atoms with Crippen LogP contribution in [0.15, 0.2) is 41.0 Å². The number of benzene rings is 1. The number of nitrogens with two attached hydrogens (primary N) is 1. The van der Waals surface area contributed by atoms with Crippen LogP contribution in [0.2, 0.25) is 0 Å². The third kappa shape index (κ3) is 1.85. The third-order valence-corrected chi connectivity index (χ3v) is 2.53. The lowest BCUT2D eigenvalue weighted by molar-refractivity contribution is 0.441. The van der Waals surface area contributed by atoms with Crippen LogP contribution in [0.4, 0.5) is 4.39 Å². The Kier molecular flexibility index (Phi) is 3.03. The average Bonchev–Trinajstić information content (AvgIpc) is 2.79.